The maximum Gasteiger partial charge on any atom is 0.122 e. The summed E-state index contributed by atoms with van der Waals surface area (Å²) >= 11 is 2.44. The van der Waals surface area contributed by atoms with Crippen molar-refractivity contribution in [2.75, 3.05) is 7.11 Å². The van der Waals surface area contributed by atoms with Crippen LogP contribution in [0.25, 0.3) is 0 Å². The van der Waals surface area contributed by atoms with Gasteiger partial charge in [0.05, 0.1) is 7.11 Å². The summed E-state index contributed by atoms with van der Waals surface area (Å²) in [5.41, 5.74) is 1.96. The van der Waals surface area contributed by atoms with Gasteiger partial charge in [0.1, 0.15) is 5.75 Å². The molecule has 0 heterocycles. The molecule has 19 heavy (non-hydrogen) atoms. The van der Waals surface area contributed by atoms with Gasteiger partial charge >= 0.3 is 0 Å². The van der Waals surface area contributed by atoms with Gasteiger partial charge < -0.3 is 4.74 Å². The zero-order chi connectivity index (χ0) is 13.0. The standard InChI is InChI=1S/C17H21IO/c1-19-16-3-2-14(18)7-15(16)17-8-11-4-12(9-17)6-13(5-11)10-17/h2-3,7,11-13H,4-6,8-10H2,1H3. The molecule has 102 valence electrons. The molecule has 4 fully saturated rings. The molecule has 4 aliphatic carbocycles. The molecular weight excluding hydrogens is 347 g/mol. The van der Waals surface area contributed by atoms with E-state index >= 15 is 0 Å². The highest BCUT2D eigenvalue weighted by atomic mass is 127. The molecule has 5 rings (SSSR count). The van der Waals surface area contributed by atoms with Crippen molar-refractivity contribution in [1.82, 2.24) is 0 Å². The lowest BCUT2D eigenvalue weighted by Crippen LogP contribution is -2.48. The second kappa shape index (κ2) is 4.37. The molecule has 0 saturated heterocycles. The highest BCUT2D eigenvalue weighted by Gasteiger charge is 2.52. The quantitative estimate of drug-likeness (QED) is 0.684. The van der Waals surface area contributed by atoms with Gasteiger partial charge in [0.25, 0.3) is 0 Å². The molecule has 0 spiro atoms. The molecule has 1 nitrogen and oxygen atoms in total. The third-order valence-electron chi connectivity index (χ3n) is 5.77. The summed E-state index contributed by atoms with van der Waals surface area (Å²) in [4.78, 5) is 0. The van der Waals surface area contributed by atoms with E-state index in [4.69, 9.17) is 4.74 Å². The minimum atomic E-state index is 0.446. The third kappa shape index (κ3) is 1.93. The number of hydrogen-bond acceptors (Lipinski definition) is 1. The Kier molecular flexibility index (Phi) is 2.87. The van der Waals surface area contributed by atoms with Crippen molar-refractivity contribution in [3.63, 3.8) is 0 Å². The molecule has 2 heteroatoms. The van der Waals surface area contributed by atoms with E-state index in [-0.39, 0.29) is 0 Å². The van der Waals surface area contributed by atoms with Gasteiger partial charge in [-0.1, -0.05) is 0 Å². The summed E-state index contributed by atoms with van der Waals surface area (Å²) in [7, 11) is 1.83. The predicted molar refractivity (Wildman–Crippen MR) is 85.6 cm³/mol. The Balaban J connectivity index is 1.81. The minimum absolute atomic E-state index is 0.446. The normalized spacial score (nSPS) is 39.6. The fourth-order valence-electron chi connectivity index (χ4n) is 5.54. The average Bonchev–Trinajstić information content (AvgIpc) is 2.37. The first-order chi connectivity index (χ1) is 9.18. The van der Waals surface area contributed by atoms with Gasteiger partial charge in [-0.05, 0) is 102 Å². The van der Waals surface area contributed by atoms with Crippen molar-refractivity contribution in [2.45, 2.75) is 43.9 Å². The van der Waals surface area contributed by atoms with E-state index in [1.165, 1.54) is 47.7 Å². The summed E-state index contributed by atoms with van der Waals surface area (Å²) in [6.45, 7) is 0. The Morgan fingerprint density at radius 1 is 1.05 bits per heavy atom. The van der Waals surface area contributed by atoms with Crippen molar-refractivity contribution in [2.24, 2.45) is 17.8 Å². The van der Waals surface area contributed by atoms with E-state index in [1.54, 1.807) is 0 Å². The monoisotopic (exact) mass is 368 g/mol. The average molecular weight is 368 g/mol. The lowest BCUT2D eigenvalue weighted by molar-refractivity contribution is -0.00618. The second-order valence-electron chi connectivity index (χ2n) is 7.04. The molecule has 0 unspecified atom stereocenters. The van der Waals surface area contributed by atoms with Gasteiger partial charge in [-0.25, -0.2) is 0 Å². The van der Waals surface area contributed by atoms with Crippen LogP contribution in [0.3, 0.4) is 0 Å². The van der Waals surface area contributed by atoms with Crippen LogP contribution in [0.2, 0.25) is 0 Å². The maximum absolute atomic E-state index is 5.69. The lowest BCUT2D eigenvalue weighted by atomic mass is 9.48. The molecule has 1 aromatic carbocycles. The number of hydrogen-bond donors (Lipinski definition) is 0. The van der Waals surface area contributed by atoms with Gasteiger partial charge in [0, 0.05) is 9.13 Å². The topological polar surface area (TPSA) is 9.23 Å². The largest absolute Gasteiger partial charge is 0.496 e. The van der Waals surface area contributed by atoms with E-state index in [0.717, 1.165) is 23.5 Å². The van der Waals surface area contributed by atoms with Crippen molar-refractivity contribution >= 4 is 22.6 Å². The SMILES string of the molecule is COc1ccc(I)cc1C12CC3CC(CC(C3)C1)C2. The third-order valence-corrected chi connectivity index (χ3v) is 6.44. The predicted octanol–water partition coefficient (Wildman–Crippen LogP) is 4.77. The maximum atomic E-state index is 5.69. The first kappa shape index (κ1) is 12.5. The molecule has 0 N–H and O–H groups in total. The Morgan fingerprint density at radius 2 is 1.63 bits per heavy atom. The van der Waals surface area contributed by atoms with Crippen molar-refractivity contribution < 1.29 is 4.74 Å². The van der Waals surface area contributed by atoms with Crippen LogP contribution in [0.1, 0.15) is 44.1 Å². The first-order valence-corrected chi connectivity index (χ1v) is 8.60. The fourth-order valence-corrected chi connectivity index (χ4v) is 6.03. The number of halogens is 1. The lowest BCUT2D eigenvalue weighted by Gasteiger charge is -2.57. The van der Waals surface area contributed by atoms with Gasteiger partial charge in [-0.2, -0.15) is 0 Å². The van der Waals surface area contributed by atoms with Crippen LogP contribution in [0, 0.1) is 21.3 Å². The number of rotatable bonds is 2. The molecule has 4 aliphatic rings. The molecule has 1 aromatic rings. The zero-order valence-corrected chi connectivity index (χ0v) is 13.7. The van der Waals surface area contributed by atoms with Gasteiger partial charge in [0.2, 0.25) is 0 Å². The fraction of sp³-hybridized carbons (Fsp3) is 0.647. The molecule has 0 amide bonds. The van der Waals surface area contributed by atoms with E-state index < -0.39 is 0 Å². The second-order valence-corrected chi connectivity index (χ2v) is 8.29. The van der Waals surface area contributed by atoms with Gasteiger partial charge in [-0.3, -0.25) is 0 Å². The number of methoxy groups -OCH3 is 1. The smallest absolute Gasteiger partial charge is 0.122 e. The Morgan fingerprint density at radius 3 is 2.16 bits per heavy atom. The van der Waals surface area contributed by atoms with Gasteiger partial charge in [-0.15, -0.1) is 0 Å². The van der Waals surface area contributed by atoms with Crippen molar-refractivity contribution in [3.05, 3.63) is 27.3 Å². The van der Waals surface area contributed by atoms with E-state index in [2.05, 4.69) is 40.8 Å². The zero-order valence-electron chi connectivity index (χ0n) is 11.5. The van der Waals surface area contributed by atoms with Crippen molar-refractivity contribution in [1.29, 1.82) is 0 Å². The summed E-state index contributed by atoms with van der Waals surface area (Å²) in [6.07, 6.45) is 8.75. The molecule has 4 saturated carbocycles. The van der Waals surface area contributed by atoms with E-state index in [9.17, 15) is 0 Å². The van der Waals surface area contributed by atoms with Crippen LogP contribution in [0.4, 0.5) is 0 Å². The summed E-state index contributed by atoms with van der Waals surface area (Å²) in [5.74, 6) is 4.11. The molecular formula is C17H21IO. The molecule has 0 atom stereocenters. The highest BCUT2D eigenvalue weighted by Crippen LogP contribution is 2.61. The van der Waals surface area contributed by atoms with Crippen LogP contribution in [0.15, 0.2) is 18.2 Å². The molecule has 0 aromatic heterocycles. The minimum Gasteiger partial charge on any atom is -0.496 e. The summed E-state index contributed by atoms with van der Waals surface area (Å²) in [6, 6.07) is 6.74. The van der Waals surface area contributed by atoms with Crippen molar-refractivity contribution in [3.8, 4) is 5.75 Å². The number of benzene rings is 1. The van der Waals surface area contributed by atoms with Crippen LogP contribution < -0.4 is 4.74 Å². The molecule has 0 aliphatic heterocycles. The molecule has 4 bridgehead atoms. The van der Waals surface area contributed by atoms with E-state index in [0.29, 0.717) is 5.41 Å². The Labute approximate surface area is 129 Å². The van der Waals surface area contributed by atoms with Crippen LogP contribution in [-0.4, -0.2) is 7.11 Å². The first-order valence-electron chi connectivity index (χ1n) is 7.52. The molecule has 0 radical (unpaired) electrons. The Bertz CT molecular complexity index is 473. The Hall–Kier alpha value is -0.250. The van der Waals surface area contributed by atoms with Crippen LogP contribution >= 0.6 is 22.6 Å². The summed E-state index contributed by atoms with van der Waals surface area (Å²) < 4.78 is 7.04. The summed E-state index contributed by atoms with van der Waals surface area (Å²) in [5, 5.41) is 0. The van der Waals surface area contributed by atoms with Gasteiger partial charge in [0.15, 0.2) is 0 Å². The highest BCUT2D eigenvalue weighted by molar-refractivity contribution is 14.1. The number of ether oxygens (including phenoxy) is 1. The van der Waals surface area contributed by atoms with Crippen LogP contribution in [-0.2, 0) is 5.41 Å². The van der Waals surface area contributed by atoms with E-state index in [1.807, 2.05) is 7.11 Å². The van der Waals surface area contributed by atoms with Crippen LogP contribution in [0.5, 0.6) is 5.75 Å².